The van der Waals surface area contributed by atoms with Gasteiger partial charge in [-0.25, -0.2) is 4.99 Å². The fourth-order valence-corrected chi connectivity index (χ4v) is 3.21. The van der Waals surface area contributed by atoms with Crippen LogP contribution in [-0.2, 0) is 6.54 Å². The van der Waals surface area contributed by atoms with Gasteiger partial charge >= 0.3 is 0 Å². The molecule has 0 radical (unpaired) electrons. The summed E-state index contributed by atoms with van der Waals surface area (Å²) in [6.45, 7) is 7.73. The minimum atomic E-state index is -0.727. The summed E-state index contributed by atoms with van der Waals surface area (Å²) in [7, 11) is 4.83. The zero-order valence-corrected chi connectivity index (χ0v) is 18.2. The molecule has 7 heteroatoms. The average molecular weight is 396 g/mol. The number of rotatable bonds is 12. The first-order chi connectivity index (χ1) is 13.5. The van der Waals surface area contributed by atoms with Crippen LogP contribution in [0.15, 0.2) is 17.1 Å². The smallest absolute Gasteiger partial charge is 0.191 e. The maximum absolute atomic E-state index is 10.8. The molecule has 0 spiro atoms. The van der Waals surface area contributed by atoms with Gasteiger partial charge in [-0.05, 0) is 19.8 Å². The van der Waals surface area contributed by atoms with Crippen LogP contribution in [0.4, 0.5) is 0 Å². The summed E-state index contributed by atoms with van der Waals surface area (Å²) in [4.78, 5) is 4.66. The number of benzene rings is 1. The van der Waals surface area contributed by atoms with Crippen LogP contribution in [0.1, 0.15) is 52.0 Å². The Bertz CT molecular complexity index is 589. The van der Waals surface area contributed by atoms with Gasteiger partial charge < -0.3 is 30.0 Å². The maximum Gasteiger partial charge on any atom is 0.191 e. The number of ether oxygens (including phenoxy) is 3. The van der Waals surface area contributed by atoms with Gasteiger partial charge in [-0.15, -0.1) is 0 Å². The van der Waals surface area contributed by atoms with E-state index in [1.807, 2.05) is 19.1 Å². The third-order valence-electron chi connectivity index (χ3n) is 4.57. The molecular weight excluding hydrogens is 358 g/mol. The normalized spacial score (nSPS) is 11.9. The van der Waals surface area contributed by atoms with Gasteiger partial charge in [-0.1, -0.05) is 26.7 Å². The minimum absolute atomic E-state index is 0.367. The summed E-state index contributed by atoms with van der Waals surface area (Å²) in [5, 5.41) is 17.3. The van der Waals surface area contributed by atoms with E-state index in [-0.39, 0.29) is 0 Å². The van der Waals surface area contributed by atoms with E-state index in [2.05, 4.69) is 29.5 Å². The van der Waals surface area contributed by atoms with Gasteiger partial charge in [-0.2, -0.15) is 0 Å². The van der Waals surface area contributed by atoms with E-state index in [0.717, 1.165) is 37.8 Å². The quantitative estimate of drug-likeness (QED) is 0.373. The van der Waals surface area contributed by atoms with E-state index in [1.165, 1.54) is 0 Å². The van der Waals surface area contributed by atoms with E-state index < -0.39 is 5.60 Å². The molecule has 0 atom stereocenters. The molecule has 1 aromatic rings. The molecular formula is C21H37N3O4. The van der Waals surface area contributed by atoms with E-state index in [9.17, 15) is 5.11 Å². The number of guanidine groups is 1. The van der Waals surface area contributed by atoms with Crippen molar-refractivity contribution < 1.29 is 19.3 Å². The lowest BCUT2D eigenvalue weighted by Crippen LogP contribution is -2.47. The van der Waals surface area contributed by atoms with E-state index >= 15 is 0 Å². The molecule has 0 bridgehead atoms. The zero-order chi connectivity index (χ0) is 21.0. The van der Waals surface area contributed by atoms with Crippen LogP contribution in [0, 0.1) is 0 Å². The predicted octanol–water partition coefficient (Wildman–Crippen LogP) is 3.10. The number of aliphatic imine (C=N–C) groups is 1. The SMILES string of the molecule is CCCC(O)(CCC)CNC(=NCc1c(OC)cc(OC)cc1OC)NCC. The van der Waals surface area contributed by atoms with Crippen LogP contribution in [0.3, 0.4) is 0 Å². The molecule has 0 saturated heterocycles. The molecule has 160 valence electrons. The van der Waals surface area contributed by atoms with Crippen molar-refractivity contribution in [3.05, 3.63) is 17.7 Å². The lowest BCUT2D eigenvalue weighted by molar-refractivity contribution is 0.0257. The third kappa shape index (κ3) is 7.11. The molecule has 0 aliphatic heterocycles. The van der Waals surface area contributed by atoms with Crippen molar-refractivity contribution in [1.82, 2.24) is 10.6 Å². The Morgan fingerprint density at radius 2 is 1.54 bits per heavy atom. The summed E-state index contributed by atoms with van der Waals surface area (Å²) in [6.07, 6.45) is 3.39. The number of hydrogen-bond acceptors (Lipinski definition) is 5. The molecule has 0 saturated carbocycles. The van der Waals surface area contributed by atoms with Gasteiger partial charge in [0, 0.05) is 25.2 Å². The second kappa shape index (κ2) is 12.3. The van der Waals surface area contributed by atoms with Gasteiger partial charge in [0.2, 0.25) is 0 Å². The summed E-state index contributed by atoms with van der Waals surface area (Å²) < 4.78 is 16.3. The highest BCUT2D eigenvalue weighted by atomic mass is 16.5. The van der Waals surface area contributed by atoms with E-state index in [1.54, 1.807) is 21.3 Å². The van der Waals surface area contributed by atoms with Crippen LogP contribution in [0.2, 0.25) is 0 Å². The number of aliphatic hydroxyl groups is 1. The van der Waals surface area contributed by atoms with Crippen LogP contribution in [0.5, 0.6) is 17.2 Å². The Morgan fingerprint density at radius 3 is 1.96 bits per heavy atom. The molecule has 0 fully saturated rings. The fourth-order valence-electron chi connectivity index (χ4n) is 3.21. The van der Waals surface area contributed by atoms with Gasteiger partial charge in [0.1, 0.15) is 17.2 Å². The van der Waals surface area contributed by atoms with E-state index in [4.69, 9.17) is 14.2 Å². The van der Waals surface area contributed by atoms with Gasteiger partial charge in [-0.3, -0.25) is 0 Å². The molecule has 3 N–H and O–H groups in total. The molecule has 0 aromatic heterocycles. The van der Waals surface area contributed by atoms with Crippen LogP contribution < -0.4 is 24.8 Å². The van der Waals surface area contributed by atoms with Crippen molar-refractivity contribution in [3.63, 3.8) is 0 Å². The third-order valence-corrected chi connectivity index (χ3v) is 4.57. The highest BCUT2D eigenvalue weighted by Gasteiger charge is 2.25. The first-order valence-electron chi connectivity index (χ1n) is 10.00. The highest BCUT2D eigenvalue weighted by molar-refractivity contribution is 5.80. The Morgan fingerprint density at radius 1 is 0.964 bits per heavy atom. The largest absolute Gasteiger partial charge is 0.496 e. The van der Waals surface area contributed by atoms with Crippen molar-refractivity contribution in [1.29, 1.82) is 0 Å². The first-order valence-corrected chi connectivity index (χ1v) is 10.00. The Labute approximate surface area is 169 Å². The monoisotopic (exact) mass is 395 g/mol. The molecule has 28 heavy (non-hydrogen) atoms. The molecule has 0 heterocycles. The molecule has 0 aliphatic rings. The lowest BCUT2D eigenvalue weighted by atomic mass is 9.93. The first kappa shape index (κ1) is 23.9. The molecule has 7 nitrogen and oxygen atoms in total. The molecule has 0 unspecified atom stereocenters. The lowest BCUT2D eigenvalue weighted by Gasteiger charge is -2.28. The molecule has 1 aromatic carbocycles. The maximum atomic E-state index is 10.8. The summed E-state index contributed by atoms with van der Waals surface area (Å²) in [5.74, 6) is 2.62. The average Bonchev–Trinajstić information content (AvgIpc) is 2.69. The van der Waals surface area contributed by atoms with E-state index in [0.29, 0.717) is 36.3 Å². The minimum Gasteiger partial charge on any atom is -0.496 e. The molecule has 0 amide bonds. The van der Waals surface area contributed by atoms with Gasteiger partial charge in [0.05, 0.1) is 39.0 Å². The van der Waals surface area contributed by atoms with Crippen molar-refractivity contribution in [3.8, 4) is 17.2 Å². The second-order valence-corrected chi connectivity index (χ2v) is 6.78. The highest BCUT2D eigenvalue weighted by Crippen LogP contribution is 2.34. The van der Waals surface area contributed by atoms with Gasteiger partial charge in [0.15, 0.2) is 5.96 Å². The van der Waals surface area contributed by atoms with Crippen LogP contribution in [0.25, 0.3) is 0 Å². The van der Waals surface area contributed by atoms with Crippen molar-refractivity contribution in [2.24, 2.45) is 4.99 Å². The van der Waals surface area contributed by atoms with Crippen molar-refractivity contribution in [2.45, 2.75) is 58.6 Å². The Kier molecular flexibility index (Phi) is 10.5. The summed E-state index contributed by atoms with van der Waals surface area (Å²) in [5.41, 5.74) is 0.107. The van der Waals surface area contributed by atoms with Crippen molar-refractivity contribution in [2.75, 3.05) is 34.4 Å². The second-order valence-electron chi connectivity index (χ2n) is 6.78. The molecule has 1 rings (SSSR count). The summed E-state index contributed by atoms with van der Waals surface area (Å²) >= 11 is 0. The zero-order valence-electron chi connectivity index (χ0n) is 18.2. The fraction of sp³-hybridized carbons (Fsp3) is 0.667. The van der Waals surface area contributed by atoms with Crippen LogP contribution in [-0.4, -0.2) is 51.1 Å². The number of methoxy groups -OCH3 is 3. The Balaban J connectivity index is 3.01. The van der Waals surface area contributed by atoms with Crippen LogP contribution >= 0.6 is 0 Å². The predicted molar refractivity (Wildman–Crippen MR) is 114 cm³/mol. The number of nitrogens with zero attached hydrogens (tertiary/aromatic N) is 1. The van der Waals surface area contributed by atoms with Crippen molar-refractivity contribution >= 4 is 5.96 Å². The number of hydrogen-bond donors (Lipinski definition) is 3. The Hall–Kier alpha value is -2.15. The topological polar surface area (TPSA) is 84.3 Å². The summed E-state index contributed by atoms with van der Waals surface area (Å²) in [6, 6.07) is 3.63. The number of nitrogens with one attached hydrogen (secondary N) is 2. The van der Waals surface area contributed by atoms with Gasteiger partial charge in [0.25, 0.3) is 0 Å². The standard InChI is InChI=1S/C21H37N3O4/c1-7-10-21(25,11-8-2)15-24-20(22-9-3)23-14-17-18(27-5)12-16(26-4)13-19(17)28-6/h12-13,25H,7-11,14-15H2,1-6H3,(H2,22,23,24). The molecule has 0 aliphatic carbocycles.